The molecule has 0 heterocycles. The summed E-state index contributed by atoms with van der Waals surface area (Å²) in [5.74, 6) is 0.851. The molecule has 4 heteroatoms. The molecule has 0 aliphatic carbocycles. The van der Waals surface area contributed by atoms with E-state index in [1.165, 1.54) is 5.56 Å². The molecule has 0 spiro atoms. The molecule has 0 saturated carbocycles. The quantitative estimate of drug-likeness (QED) is 0.905. The summed E-state index contributed by atoms with van der Waals surface area (Å²) in [5, 5.41) is 3.91. The Hall–Kier alpha value is -1.71. The Morgan fingerprint density at radius 2 is 1.85 bits per heavy atom. The van der Waals surface area contributed by atoms with Gasteiger partial charge in [0.15, 0.2) is 0 Å². The van der Waals surface area contributed by atoms with Crippen LogP contribution >= 0.6 is 11.6 Å². The van der Waals surface area contributed by atoms with Gasteiger partial charge in [-0.05, 0) is 49.0 Å². The maximum absolute atomic E-state index is 6.13. The number of hydrogen-bond donors (Lipinski definition) is 1. The lowest BCUT2D eigenvalue weighted by Gasteiger charge is -2.23. The molecule has 0 aliphatic heterocycles. The Morgan fingerprint density at radius 3 is 2.45 bits per heavy atom. The Bertz CT molecular complexity index is 569. The second-order valence-corrected chi connectivity index (χ2v) is 5.00. The summed E-state index contributed by atoms with van der Waals surface area (Å²) < 4.78 is 5.19. The zero-order valence-corrected chi connectivity index (χ0v) is 12.7. The number of methoxy groups -OCH3 is 1. The number of ether oxygens (including phenoxy) is 1. The van der Waals surface area contributed by atoms with Crippen molar-refractivity contribution in [1.82, 2.24) is 5.32 Å². The van der Waals surface area contributed by atoms with Crippen LogP contribution in [0.2, 0.25) is 5.02 Å². The summed E-state index contributed by atoms with van der Waals surface area (Å²) in [6.07, 6.45) is 0. The molecule has 1 N–H and O–H groups in total. The molecule has 0 aromatic heterocycles. The third-order valence-corrected chi connectivity index (χ3v) is 3.47. The van der Waals surface area contributed by atoms with Crippen molar-refractivity contribution in [2.75, 3.05) is 26.1 Å². The Balaban J connectivity index is 2.35. The van der Waals surface area contributed by atoms with Crippen molar-refractivity contribution in [2.45, 2.75) is 6.54 Å². The SMILES string of the molecule is CNCc1ccc(Cl)cc1N(C)c1ccc(OC)cc1. The molecular formula is C16H19ClN2O. The molecule has 0 radical (unpaired) electrons. The van der Waals surface area contributed by atoms with Crippen LogP contribution in [0.4, 0.5) is 11.4 Å². The van der Waals surface area contributed by atoms with E-state index < -0.39 is 0 Å². The van der Waals surface area contributed by atoms with Crippen LogP contribution in [0.3, 0.4) is 0 Å². The van der Waals surface area contributed by atoms with Crippen LogP contribution in [0.25, 0.3) is 0 Å². The van der Waals surface area contributed by atoms with Gasteiger partial charge in [0.05, 0.1) is 7.11 Å². The van der Waals surface area contributed by atoms with Crippen LogP contribution in [0, 0.1) is 0 Å². The molecule has 0 unspecified atom stereocenters. The maximum atomic E-state index is 6.13. The van der Waals surface area contributed by atoms with Gasteiger partial charge in [-0.3, -0.25) is 0 Å². The third kappa shape index (κ3) is 3.24. The molecule has 0 aliphatic rings. The number of anilines is 2. The van der Waals surface area contributed by atoms with E-state index in [0.29, 0.717) is 0 Å². The van der Waals surface area contributed by atoms with Crippen LogP contribution < -0.4 is 15.0 Å². The zero-order valence-electron chi connectivity index (χ0n) is 12.0. The van der Waals surface area contributed by atoms with Crippen LogP contribution in [-0.2, 0) is 6.54 Å². The van der Waals surface area contributed by atoms with E-state index >= 15 is 0 Å². The largest absolute Gasteiger partial charge is 0.497 e. The van der Waals surface area contributed by atoms with Crippen LogP contribution in [0.5, 0.6) is 5.75 Å². The van der Waals surface area contributed by atoms with Crippen molar-refractivity contribution in [1.29, 1.82) is 0 Å². The van der Waals surface area contributed by atoms with Gasteiger partial charge in [0.25, 0.3) is 0 Å². The molecule has 0 atom stereocenters. The summed E-state index contributed by atoms with van der Waals surface area (Å²) in [6.45, 7) is 0.799. The van der Waals surface area contributed by atoms with E-state index in [4.69, 9.17) is 16.3 Å². The topological polar surface area (TPSA) is 24.5 Å². The fourth-order valence-corrected chi connectivity index (χ4v) is 2.30. The zero-order chi connectivity index (χ0) is 14.5. The fourth-order valence-electron chi connectivity index (χ4n) is 2.13. The minimum Gasteiger partial charge on any atom is -0.497 e. The molecule has 3 nitrogen and oxygen atoms in total. The van der Waals surface area contributed by atoms with Crippen molar-refractivity contribution in [3.8, 4) is 5.75 Å². The van der Waals surface area contributed by atoms with E-state index in [1.54, 1.807) is 7.11 Å². The Morgan fingerprint density at radius 1 is 1.15 bits per heavy atom. The maximum Gasteiger partial charge on any atom is 0.119 e. The van der Waals surface area contributed by atoms with Gasteiger partial charge >= 0.3 is 0 Å². The van der Waals surface area contributed by atoms with Crippen LogP contribution in [0.15, 0.2) is 42.5 Å². The summed E-state index contributed by atoms with van der Waals surface area (Å²) in [4.78, 5) is 2.12. The van der Waals surface area contributed by atoms with Crippen LogP contribution in [-0.4, -0.2) is 21.2 Å². The second-order valence-electron chi connectivity index (χ2n) is 4.56. The lowest BCUT2D eigenvalue weighted by atomic mass is 10.1. The number of hydrogen-bond acceptors (Lipinski definition) is 3. The summed E-state index contributed by atoms with van der Waals surface area (Å²) >= 11 is 6.13. The molecular weight excluding hydrogens is 272 g/mol. The van der Waals surface area contributed by atoms with E-state index in [2.05, 4.69) is 10.2 Å². The monoisotopic (exact) mass is 290 g/mol. The second kappa shape index (κ2) is 6.64. The van der Waals surface area contributed by atoms with Gasteiger partial charge in [0.1, 0.15) is 5.75 Å². The van der Waals surface area contributed by atoms with Crippen LogP contribution in [0.1, 0.15) is 5.56 Å². The smallest absolute Gasteiger partial charge is 0.119 e. The molecule has 2 aromatic rings. The number of halogens is 1. The van der Waals surface area contributed by atoms with Gasteiger partial charge in [-0.15, -0.1) is 0 Å². The van der Waals surface area contributed by atoms with E-state index in [-0.39, 0.29) is 0 Å². The third-order valence-electron chi connectivity index (χ3n) is 3.24. The number of nitrogens with zero attached hydrogens (tertiary/aromatic N) is 1. The predicted molar refractivity (Wildman–Crippen MR) is 85.3 cm³/mol. The standard InChI is InChI=1S/C16H19ClN2O/c1-18-11-12-4-5-13(17)10-16(12)19(2)14-6-8-15(20-3)9-7-14/h4-10,18H,11H2,1-3H3. The van der Waals surface area contributed by atoms with Gasteiger partial charge in [0, 0.05) is 30.0 Å². The van der Waals surface area contributed by atoms with E-state index in [9.17, 15) is 0 Å². The van der Waals surface area contributed by atoms with Crippen molar-refractivity contribution < 1.29 is 4.74 Å². The highest BCUT2D eigenvalue weighted by atomic mass is 35.5. The first kappa shape index (κ1) is 14.7. The summed E-state index contributed by atoms with van der Waals surface area (Å²) in [7, 11) is 5.64. The molecule has 0 amide bonds. The lowest BCUT2D eigenvalue weighted by molar-refractivity contribution is 0.415. The average Bonchev–Trinajstić information content (AvgIpc) is 2.48. The van der Waals surface area contributed by atoms with Crippen molar-refractivity contribution in [2.24, 2.45) is 0 Å². The molecule has 0 saturated heterocycles. The van der Waals surface area contributed by atoms with Crippen molar-refractivity contribution in [3.05, 3.63) is 53.1 Å². The highest BCUT2D eigenvalue weighted by molar-refractivity contribution is 6.30. The summed E-state index contributed by atoms with van der Waals surface area (Å²) in [5.41, 5.74) is 3.39. The highest BCUT2D eigenvalue weighted by Gasteiger charge is 2.10. The van der Waals surface area contributed by atoms with Gasteiger partial charge in [-0.25, -0.2) is 0 Å². The Labute approximate surface area is 125 Å². The first-order valence-electron chi connectivity index (χ1n) is 6.46. The normalized spacial score (nSPS) is 10.4. The molecule has 20 heavy (non-hydrogen) atoms. The molecule has 0 bridgehead atoms. The highest BCUT2D eigenvalue weighted by Crippen LogP contribution is 2.30. The average molecular weight is 291 g/mol. The van der Waals surface area contributed by atoms with Gasteiger partial charge in [0.2, 0.25) is 0 Å². The van der Waals surface area contributed by atoms with Gasteiger partial charge < -0.3 is 15.0 Å². The summed E-state index contributed by atoms with van der Waals surface area (Å²) in [6, 6.07) is 13.9. The molecule has 106 valence electrons. The molecule has 0 fully saturated rings. The molecule has 2 rings (SSSR count). The first-order valence-corrected chi connectivity index (χ1v) is 6.84. The minimum absolute atomic E-state index is 0.736. The van der Waals surface area contributed by atoms with Gasteiger partial charge in [-0.1, -0.05) is 17.7 Å². The fraction of sp³-hybridized carbons (Fsp3) is 0.250. The first-order chi connectivity index (χ1) is 9.65. The predicted octanol–water partition coefficient (Wildman–Crippen LogP) is 3.84. The van der Waals surface area contributed by atoms with Gasteiger partial charge in [-0.2, -0.15) is 0 Å². The number of nitrogens with one attached hydrogen (secondary N) is 1. The Kier molecular flexibility index (Phi) is 4.88. The molecule has 2 aromatic carbocycles. The lowest BCUT2D eigenvalue weighted by Crippen LogP contribution is -2.14. The van der Waals surface area contributed by atoms with E-state index in [0.717, 1.165) is 28.7 Å². The minimum atomic E-state index is 0.736. The van der Waals surface area contributed by atoms with E-state index in [1.807, 2.05) is 56.6 Å². The van der Waals surface area contributed by atoms with Crippen molar-refractivity contribution >= 4 is 23.0 Å². The number of rotatable bonds is 5. The van der Waals surface area contributed by atoms with Crippen molar-refractivity contribution in [3.63, 3.8) is 0 Å². The number of benzene rings is 2.